The summed E-state index contributed by atoms with van der Waals surface area (Å²) in [6, 6.07) is 8.41. The molecule has 2 aromatic rings. The van der Waals surface area contributed by atoms with Crippen LogP contribution in [-0.4, -0.2) is 41.2 Å². The molecule has 1 aromatic carbocycles. The van der Waals surface area contributed by atoms with Crippen LogP contribution < -0.4 is 10.2 Å². The zero-order chi connectivity index (χ0) is 20.5. The topological polar surface area (TPSA) is 82.6 Å². The molecule has 7 nitrogen and oxygen atoms in total. The van der Waals surface area contributed by atoms with Crippen molar-refractivity contribution in [3.63, 3.8) is 0 Å². The van der Waals surface area contributed by atoms with Gasteiger partial charge in [0.15, 0.2) is 0 Å². The first-order chi connectivity index (χ1) is 14.0. The van der Waals surface area contributed by atoms with Crippen molar-refractivity contribution >= 4 is 40.7 Å². The lowest BCUT2D eigenvalue weighted by atomic mass is 9.94. The molecule has 0 bridgehead atoms. The maximum absolute atomic E-state index is 13.1. The Balaban J connectivity index is 1.58. The molecule has 1 N–H and O–H groups in total. The molecule has 3 heterocycles. The Morgan fingerprint density at radius 1 is 1.24 bits per heavy atom. The minimum atomic E-state index is -0.565. The molecule has 2 unspecified atom stereocenters. The standard InChI is InChI=1S/C21H21ClN4O3/c1-25-19(28)11-15(20(25)13-4-2-8-23-12-13)21(29)24-17-10-14(6-7-16(17)22)26-9-3-5-18(26)27/h2,4,6-8,10,12,15,20H,3,5,9,11H2,1H3,(H,24,29). The van der Waals surface area contributed by atoms with Crippen LogP contribution in [0, 0.1) is 5.92 Å². The monoisotopic (exact) mass is 412 g/mol. The smallest absolute Gasteiger partial charge is 0.230 e. The molecule has 0 spiro atoms. The highest BCUT2D eigenvalue weighted by Crippen LogP contribution is 2.38. The van der Waals surface area contributed by atoms with Gasteiger partial charge in [-0.1, -0.05) is 17.7 Å². The number of likely N-dealkylation sites (tertiary alicyclic amines) is 1. The summed E-state index contributed by atoms with van der Waals surface area (Å²) in [4.78, 5) is 44.8. The highest BCUT2D eigenvalue weighted by Gasteiger charge is 2.43. The largest absolute Gasteiger partial charge is 0.338 e. The van der Waals surface area contributed by atoms with Crippen molar-refractivity contribution in [3.8, 4) is 0 Å². The lowest BCUT2D eigenvalue weighted by Crippen LogP contribution is -2.30. The molecule has 2 atom stereocenters. The second kappa shape index (κ2) is 7.83. The number of hydrogen-bond donors (Lipinski definition) is 1. The van der Waals surface area contributed by atoms with E-state index >= 15 is 0 Å². The molecule has 8 heteroatoms. The van der Waals surface area contributed by atoms with Crippen LogP contribution in [-0.2, 0) is 14.4 Å². The molecular formula is C21H21ClN4O3. The molecule has 0 aliphatic carbocycles. The number of carbonyl (C=O) groups is 3. The van der Waals surface area contributed by atoms with E-state index in [4.69, 9.17) is 11.6 Å². The minimum absolute atomic E-state index is 0.0595. The van der Waals surface area contributed by atoms with Crippen molar-refractivity contribution in [2.75, 3.05) is 23.8 Å². The number of amides is 3. The molecule has 0 radical (unpaired) electrons. The predicted octanol–water partition coefficient (Wildman–Crippen LogP) is 3.02. The Bertz CT molecular complexity index is 966. The van der Waals surface area contributed by atoms with E-state index in [1.54, 1.807) is 53.5 Å². The maximum atomic E-state index is 13.1. The van der Waals surface area contributed by atoms with Gasteiger partial charge >= 0.3 is 0 Å². The van der Waals surface area contributed by atoms with Crippen LogP contribution in [0.15, 0.2) is 42.7 Å². The third kappa shape index (κ3) is 3.70. The highest BCUT2D eigenvalue weighted by molar-refractivity contribution is 6.34. The SMILES string of the molecule is CN1C(=O)CC(C(=O)Nc2cc(N3CCCC3=O)ccc2Cl)C1c1cccnc1. The van der Waals surface area contributed by atoms with Crippen LogP contribution in [0.3, 0.4) is 0 Å². The molecule has 2 aliphatic rings. The second-order valence-electron chi connectivity index (χ2n) is 7.35. The van der Waals surface area contributed by atoms with E-state index < -0.39 is 12.0 Å². The van der Waals surface area contributed by atoms with Crippen molar-refractivity contribution in [2.45, 2.75) is 25.3 Å². The van der Waals surface area contributed by atoms with Gasteiger partial charge in [-0.25, -0.2) is 0 Å². The van der Waals surface area contributed by atoms with E-state index in [1.165, 1.54) is 0 Å². The van der Waals surface area contributed by atoms with Gasteiger partial charge in [-0.2, -0.15) is 0 Å². The van der Waals surface area contributed by atoms with Gasteiger partial charge in [0.05, 0.1) is 22.7 Å². The van der Waals surface area contributed by atoms with Crippen molar-refractivity contribution in [3.05, 3.63) is 53.3 Å². The summed E-state index contributed by atoms with van der Waals surface area (Å²) in [5.41, 5.74) is 1.94. The molecule has 29 heavy (non-hydrogen) atoms. The van der Waals surface area contributed by atoms with Crippen LogP contribution in [0.4, 0.5) is 11.4 Å². The van der Waals surface area contributed by atoms with Gasteiger partial charge in [-0.15, -0.1) is 0 Å². The van der Waals surface area contributed by atoms with Crippen molar-refractivity contribution in [2.24, 2.45) is 5.92 Å². The van der Waals surface area contributed by atoms with Crippen LogP contribution in [0.5, 0.6) is 0 Å². The van der Waals surface area contributed by atoms with Crippen molar-refractivity contribution in [1.29, 1.82) is 0 Å². The Morgan fingerprint density at radius 3 is 2.76 bits per heavy atom. The number of pyridine rings is 1. The normalized spacial score (nSPS) is 21.7. The van der Waals surface area contributed by atoms with Gasteiger partial charge in [-0.05, 0) is 36.2 Å². The predicted molar refractivity (Wildman–Crippen MR) is 110 cm³/mol. The number of carbonyl (C=O) groups excluding carboxylic acids is 3. The summed E-state index contributed by atoms with van der Waals surface area (Å²) >= 11 is 6.30. The average Bonchev–Trinajstić information content (AvgIpc) is 3.27. The minimum Gasteiger partial charge on any atom is -0.338 e. The first kappa shape index (κ1) is 19.4. The maximum Gasteiger partial charge on any atom is 0.230 e. The average molecular weight is 413 g/mol. The Kier molecular flexibility index (Phi) is 5.24. The number of aromatic nitrogens is 1. The van der Waals surface area contributed by atoms with Crippen LogP contribution in [0.25, 0.3) is 0 Å². The summed E-state index contributed by atoms with van der Waals surface area (Å²) in [5, 5.41) is 3.24. The van der Waals surface area contributed by atoms with Gasteiger partial charge in [-0.3, -0.25) is 19.4 Å². The van der Waals surface area contributed by atoms with Crippen LogP contribution >= 0.6 is 11.6 Å². The van der Waals surface area contributed by atoms with Gasteiger partial charge in [0.25, 0.3) is 0 Å². The van der Waals surface area contributed by atoms with Gasteiger partial charge in [0.2, 0.25) is 17.7 Å². The number of halogens is 1. The number of benzene rings is 1. The van der Waals surface area contributed by atoms with E-state index in [0.29, 0.717) is 29.4 Å². The molecule has 2 aliphatic heterocycles. The van der Waals surface area contributed by atoms with Crippen molar-refractivity contribution < 1.29 is 14.4 Å². The Labute approximate surface area is 173 Å². The second-order valence-corrected chi connectivity index (χ2v) is 7.76. The van der Waals surface area contributed by atoms with Crippen LogP contribution in [0.1, 0.15) is 30.9 Å². The lowest BCUT2D eigenvalue weighted by Gasteiger charge is -2.25. The molecule has 2 saturated heterocycles. The Hall–Kier alpha value is -2.93. The Morgan fingerprint density at radius 2 is 2.07 bits per heavy atom. The lowest BCUT2D eigenvalue weighted by molar-refractivity contribution is -0.128. The van der Waals surface area contributed by atoms with E-state index in [0.717, 1.165) is 12.0 Å². The molecule has 1 aromatic heterocycles. The van der Waals surface area contributed by atoms with E-state index in [2.05, 4.69) is 10.3 Å². The van der Waals surface area contributed by atoms with Gasteiger partial charge < -0.3 is 15.1 Å². The summed E-state index contributed by atoms with van der Waals surface area (Å²) in [6.45, 7) is 0.652. The number of rotatable bonds is 4. The molecule has 3 amide bonds. The van der Waals surface area contributed by atoms with E-state index in [-0.39, 0.29) is 24.1 Å². The molecule has 4 rings (SSSR count). The fraction of sp³-hybridized carbons (Fsp3) is 0.333. The van der Waals surface area contributed by atoms with Crippen molar-refractivity contribution in [1.82, 2.24) is 9.88 Å². The molecule has 150 valence electrons. The number of hydrogen-bond acceptors (Lipinski definition) is 4. The number of nitrogens with one attached hydrogen (secondary N) is 1. The van der Waals surface area contributed by atoms with Gasteiger partial charge in [0, 0.05) is 44.5 Å². The third-order valence-electron chi connectivity index (χ3n) is 5.54. The summed E-state index contributed by atoms with van der Waals surface area (Å²) in [5.74, 6) is -0.890. The fourth-order valence-electron chi connectivity index (χ4n) is 4.04. The van der Waals surface area contributed by atoms with Gasteiger partial charge in [0.1, 0.15) is 0 Å². The molecule has 2 fully saturated rings. The zero-order valence-corrected chi connectivity index (χ0v) is 16.7. The van der Waals surface area contributed by atoms with E-state index in [9.17, 15) is 14.4 Å². The summed E-state index contributed by atoms with van der Waals surface area (Å²) in [6.07, 6.45) is 4.77. The van der Waals surface area contributed by atoms with E-state index in [1.807, 2.05) is 6.07 Å². The fourth-order valence-corrected chi connectivity index (χ4v) is 4.20. The quantitative estimate of drug-likeness (QED) is 0.836. The zero-order valence-electron chi connectivity index (χ0n) is 16.0. The molecule has 0 saturated carbocycles. The number of anilines is 2. The first-order valence-electron chi connectivity index (χ1n) is 9.52. The highest BCUT2D eigenvalue weighted by atomic mass is 35.5. The number of nitrogens with zero attached hydrogens (tertiary/aromatic N) is 3. The summed E-state index contributed by atoms with van der Waals surface area (Å²) < 4.78 is 0. The third-order valence-corrected chi connectivity index (χ3v) is 5.87. The molecular weight excluding hydrogens is 392 g/mol. The van der Waals surface area contributed by atoms with Crippen LogP contribution in [0.2, 0.25) is 5.02 Å². The summed E-state index contributed by atoms with van der Waals surface area (Å²) in [7, 11) is 1.69. The first-order valence-corrected chi connectivity index (χ1v) is 9.90.